The van der Waals surface area contributed by atoms with Crippen LogP contribution in [0.2, 0.25) is 0 Å². The van der Waals surface area contributed by atoms with Crippen molar-refractivity contribution < 1.29 is 4.42 Å². The van der Waals surface area contributed by atoms with Gasteiger partial charge in [-0.05, 0) is 145 Å². The monoisotopic (exact) mass is 754 g/mol. The second-order valence-electron chi connectivity index (χ2n) is 17.2. The van der Waals surface area contributed by atoms with Gasteiger partial charge in [0.25, 0.3) is 0 Å². The van der Waals surface area contributed by atoms with E-state index in [-0.39, 0.29) is 5.41 Å². The number of benzene rings is 7. The number of anilines is 6. The molecule has 3 saturated carbocycles. The highest BCUT2D eigenvalue weighted by Gasteiger charge is 2.52. The van der Waals surface area contributed by atoms with E-state index in [9.17, 15) is 0 Å². The first-order chi connectivity index (χ1) is 28.7. The Labute approximate surface area is 342 Å². The third kappa shape index (κ3) is 6.11. The average Bonchev–Trinajstić information content (AvgIpc) is 4.03. The lowest BCUT2D eigenvalue weighted by Crippen LogP contribution is -2.34. The van der Waals surface area contributed by atoms with Crippen LogP contribution in [-0.2, 0) is 5.41 Å². The zero-order valence-electron chi connectivity index (χ0n) is 33.1. The number of hydrogen-bond acceptors (Lipinski definition) is 3. The molecule has 3 unspecified atom stereocenters. The van der Waals surface area contributed by atoms with Gasteiger partial charge in [0, 0.05) is 56.4 Å². The summed E-state index contributed by atoms with van der Waals surface area (Å²) < 4.78 is 6.43. The Morgan fingerprint density at radius 1 is 0.431 bits per heavy atom. The van der Waals surface area contributed by atoms with Crippen molar-refractivity contribution in [2.45, 2.75) is 69.1 Å². The average molecular weight is 755 g/mol. The van der Waals surface area contributed by atoms with Gasteiger partial charge < -0.3 is 14.2 Å². The molecule has 2 bridgehead atoms. The lowest BCUT2D eigenvalue weighted by atomic mass is 9.64. The molecule has 8 aromatic rings. The van der Waals surface area contributed by atoms with Gasteiger partial charge in [-0.15, -0.1) is 0 Å². The zero-order valence-corrected chi connectivity index (χ0v) is 33.1. The molecule has 3 aliphatic rings. The van der Waals surface area contributed by atoms with Gasteiger partial charge >= 0.3 is 0 Å². The van der Waals surface area contributed by atoms with Gasteiger partial charge in [-0.3, -0.25) is 0 Å². The normalized spacial score (nSPS) is 20.5. The van der Waals surface area contributed by atoms with Crippen LogP contribution in [0.25, 0.3) is 21.9 Å². The quantitative estimate of drug-likeness (QED) is 0.146. The van der Waals surface area contributed by atoms with Crippen LogP contribution in [0, 0.1) is 11.8 Å². The zero-order chi connectivity index (χ0) is 38.5. The number of furan rings is 1. The van der Waals surface area contributed by atoms with E-state index in [0.29, 0.717) is 11.8 Å². The summed E-state index contributed by atoms with van der Waals surface area (Å²) in [5, 5.41) is 2.32. The Morgan fingerprint density at radius 2 is 0.948 bits per heavy atom. The molecule has 3 atom stereocenters. The summed E-state index contributed by atoms with van der Waals surface area (Å²) >= 11 is 0. The first kappa shape index (κ1) is 35.1. The molecule has 0 spiro atoms. The van der Waals surface area contributed by atoms with Gasteiger partial charge in [-0.2, -0.15) is 0 Å². The van der Waals surface area contributed by atoms with Crippen LogP contribution in [-0.4, -0.2) is 0 Å². The van der Waals surface area contributed by atoms with Crippen molar-refractivity contribution in [2.24, 2.45) is 11.8 Å². The largest absolute Gasteiger partial charge is 0.456 e. The molecule has 1 heterocycles. The van der Waals surface area contributed by atoms with Crippen LogP contribution in [0.3, 0.4) is 0 Å². The third-order valence-corrected chi connectivity index (χ3v) is 14.0. The van der Waals surface area contributed by atoms with Crippen molar-refractivity contribution in [3.05, 3.63) is 193 Å². The molecule has 0 aliphatic heterocycles. The van der Waals surface area contributed by atoms with Gasteiger partial charge in [0.2, 0.25) is 0 Å². The fraction of sp³-hybridized carbons (Fsp3) is 0.236. The smallest absolute Gasteiger partial charge is 0.137 e. The maximum absolute atomic E-state index is 6.43. The fourth-order valence-corrected chi connectivity index (χ4v) is 11.3. The predicted octanol–water partition coefficient (Wildman–Crippen LogP) is 15.7. The number of rotatable bonds is 9. The van der Waals surface area contributed by atoms with E-state index in [0.717, 1.165) is 33.5 Å². The maximum atomic E-state index is 6.43. The van der Waals surface area contributed by atoms with E-state index in [2.05, 4.69) is 186 Å². The van der Waals surface area contributed by atoms with Crippen molar-refractivity contribution >= 4 is 56.1 Å². The van der Waals surface area contributed by atoms with E-state index in [1.54, 1.807) is 0 Å². The fourth-order valence-electron chi connectivity index (χ4n) is 11.3. The predicted molar refractivity (Wildman–Crippen MR) is 242 cm³/mol. The minimum absolute atomic E-state index is 0.00393. The van der Waals surface area contributed by atoms with Crippen LogP contribution in [0.5, 0.6) is 0 Å². The molecule has 11 rings (SSSR count). The second-order valence-corrected chi connectivity index (χ2v) is 17.2. The highest BCUT2D eigenvalue weighted by molar-refractivity contribution is 6.06. The van der Waals surface area contributed by atoms with E-state index in [4.69, 9.17) is 4.42 Å². The van der Waals surface area contributed by atoms with Gasteiger partial charge in [0.1, 0.15) is 11.2 Å². The molecule has 0 amide bonds. The Morgan fingerprint density at radius 3 is 1.53 bits per heavy atom. The molecule has 3 heteroatoms. The summed E-state index contributed by atoms with van der Waals surface area (Å²) in [6.07, 6.45) is 11.9. The van der Waals surface area contributed by atoms with Crippen molar-refractivity contribution in [3.8, 4) is 0 Å². The topological polar surface area (TPSA) is 19.6 Å². The van der Waals surface area contributed by atoms with E-state index >= 15 is 0 Å². The molecule has 3 nitrogen and oxygen atoms in total. The molecule has 0 radical (unpaired) electrons. The van der Waals surface area contributed by atoms with Gasteiger partial charge in [-0.1, -0.05) is 117 Å². The molecular weight excluding hydrogens is 705 g/mol. The van der Waals surface area contributed by atoms with Crippen molar-refractivity contribution in [1.82, 2.24) is 0 Å². The minimum Gasteiger partial charge on any atom is -0.456 e. The van der Waals surface area contributed by atoms with Crippen LogP contribution in [0.15, 0.2) is 180 Å². The van der Waals surface area contributed by atoms with Crippen LogP contribution in [0.4, 0.5) is 34.1 Å². The summed E-state index contributed by atoms with van der Waals surface area (Å²) in [5.41, 5.74) is 13.2. The summed E-state index contributed by atoms with van der Waals surface area (Å²) in [6.45, 7) is 0. The minimum atomic E-state index is 0.00393. The first-order valence-electron chi connectivity index (χ1n) is 21.6. The van der Waals surface area contributed by atoms with Gasteiger partial charge in [-0.25, -0.2) is 0 Å². The van der Waals surface area contributed by atoms with Crippen molar-refractivity contribution in [2.75, 3.05) is 9.80 Å². The van der Waals surface area contributed by atoms with Crippen LogP contribution >= 0.6 is 0 Å². The van der Waals surface area contributed by atoms with Crippen molar-refractivity contribution in [1.29, 1.82) is 0 Å². The number of nitrogens with zero attached hydrogens (tertiary/aromatic N) is 2. The summed E-state index contributed by atoms with van der Waals surface area (Å²) in [4.78, 5) is 4.79. The lowest BCUT2D eigenvalue weighted by molar-refractivity contribution is 0.320. The molecule has 286 valence electrons. The maximum Gasteiger partial charge on any atom is 0.137 e. The molecular formula is C55H50N2O. The van der Waals surface area contributed by atoms with E-state index < -0.39 is 0 Å². The first-order valence-corrected chi connectivity index (χ1v) is 21.6. The SMILES string of the molecule is c1ccc(N(c2ccccc2)c2ccc(C3(c4ccc(N(c5ccc(C6CCCCC6)cc5)c5ccc6c(c5)oc5ccccc56)cc4)CC4CCC3C4)cc2)cc1. The van der Waals surface area contributed by atoms with Crippen LogP contribution in [0.1, 0.15) is 80.4 Å². The Balaban J connectivity index is 0.974. The number of fused-ring (bicyclic) bond motifs is 5. The van der Waals surface area contributed by atoms with Crippen molar-refractivity contribution in [3.63, 3.8) is 0 Å². The highest BCUT2D eigenvalue weighted by Crippen LogP contribution is 2.60. The Hall–Kier alpha value is -6.06. The third-order valence-electron chi connectivity index (χ3n) is 14.0. The molecule has 0 saturated heterocycles. The molecule has 0 N–H and O–H groups in total. The van der Waals surface area contributed by atoms with Crippen LogP contribution < -0.4 is 9.80 Å². The molecule has 3 fully saturated rings. The second kappa shape index (κ2) is 14.7. The van der Waals surface area contributed by atoms with Gasteiger partial charge in [0.15, 0.2) is 0 Å². The Bertz CT molecular complexity index is 2620. The lowest BCUT2D eigenvalue weighted by Gasteiger charge is -2.40. The molecule has 58 heavy (non-hydrogen) atoms. The molecule has 1 aromatic heterocycles. The number of para-hydroxylation sites is 3. The summed E-state index contributed by atoms with van der Waals surface area (Å²) in [5.74, 6) is 2.10. The van der Waals surface area contributed by atoms with E-state index in [1.807, 2.05) is 0 Å². The molecule has 7 aromatic carbocycles. The highest BCUT2D eigenvalue weighted by atomic mass is 16.3. The standard InChI is InChI=1S/C55H50N2O/c1-4-12-40(13-5-1)41-21-28-47(29-22-41)57(50-34-35-52-51-18-10-11-19-53(51)58-54(52)37-50)49-32-26-43(27-33-49)55(38-39-20-23-44(55)36-39)42-24-30-48(31-25-42)56(45-14-6-2-7-15-45)46-16-8-3-9-17-46/h2-3,6-11,14-19,21-22,24-35,37,39-40,44H,1,4-5,12-13,20,23,36,38H2. The van der Waals surface area contributed by atoms with Gasteiger partial charge in [0.05, 0.1) is 0 Å². The summed E-state index contributed by atoms with van der Waals surface area (Å²) in [6, 6.07) is 65.2. The molecule has 3 aliphatic carbocycles. The Kier molecular flexibility index (Phi) is 8.91. The van der Waals surface area contributed by atoms with E-state index in [1.165, 1.54) is 103 Å². The number of hydrogen-bond donors (Lipinski definition) is 0. The summed E-state index contributed by atoms with van der Waals surface area (Å²) in [7, 11) is 0.